The van der Waals surface area contributed by atoms with Gasteiger partial charge in [0, 0.05) is 12.6 Å². The highest BCUT2D eigenvalue weighted by Crippen LogP contribution is 2.24. The molecule has 6 heteroatoms. The minimum absolute atomic E-state index is 0.0401. The molecule has 1 aromatic heterocycles. The minimum atomic E-state index is 0.0401. The van der Waals surface area contributed by atoms with E-state index < -0.39 is 0 Å². The Bertz CT molecular complexity index is 332. The zero-order valence-electron chi connectivity index (χ0n) is 8.81. The van der Waals surface area contributed by atoms with Gasteiger partial charge in [0.15, 0.2) is 5.82 Å². The molecule has 1 heterocycles. The Morgan fingerprint density at radius 3 is 2.80 bits per heavy atom. The third-order valence-corrected chi connectivity index (χ3v) is 2.25. The van der Waals surface area contributed by atoms with Crippen LogP contribution in [0, 0.1) is 0 Å². The molecular weight excluding hydrogens is 216 g/mol. The molecule has 0 bridgehead atoms. The van der Waals surface area contributed by atoms with E-state index in [0.717, 1.165) is 0 Å². The molecule has 3 N–H and O–H groups in total. The fourth-order valence-corrected chi connectivity index (χ4v) is 1.49. The molecule has 0 radical (unpaired) electrons. The van der Waals surface area contributed by atoms with E-state index in [1.54, 1.807) is 0 Å². The second kappa shape index (κ2) is 5.14. The fourth-order valence-electron chi connectivity index (χ4n) is 1.29. The van der Waals surface area contributed by atoms with Gasteiger partial charge in [-0.15, -0.1) is 0 Å². The number of aliphatic hydroxyl groups is 1. The molecule has 0 atom stereocenters. The molecule has 0 aliphatic heterocycles. The molecule has 0 spiro atoms. The summed E-state index contributed by atoms with van der Waals surface area (Å²) < 4.78 is 0. The number of nitrogen functional groups attached to an aromatic ring is 1. The summed E-state index contributed by atoms with van der Waals surface area (Å²) in [5.41, 5.74) is 5.49. The Kier molecular flexibility index (Phi) is 4.11. The first-order valence-corrected chi connectivity index (χ1v) is 5.09. The van der Waals surface area contributed by atoms with E-state index in [1.807, 2.05) is 18.7 Å². The van der Waals surface area contributed by atoms with Crippen molar-refractivity contribution in [3.63, 3.8) is 0 Å². The summed E-state index contributed by atoms with van der Waals surface area (Å²) in [6.07, 6.45) is 1.46. The second-order valence-electron chi connectivity index (χ2n) is 3.41. The summed E-state index contributed by atoms with van der Waals surface area (Å²) in [5, 5.41) is 9.38. The molecule has 15 heavy (non-hydrogen) atoms. The molecule has 0 aliphatic rings. The van der Waals surface area contributed by atoms with E-state index in [9.17, 15) is 0 Å². The maximum Gasteiger partial charge on any atom is 0.222 e. The molecule has 0 unspecified atom stereocenters. The van der Waals surface area contributed by atoms with Crippen LogP contribution in [0.25, 0.3) is 0 Å². The average Bonchev–Trinajstić information content (AvgIpc) is 2.18. The van der Waals surface area contributed by atoms with Crippen LogP contribution in [0.3, 0.4) is 0 Å². The average molecular weight is 231 g/mol. The van der Waals surface area contributed by atoms with E-state index >= 15 is 0 Å². The first-order chi connectivity index (χ1) is 7.06. The second-order valence-corrected chi connectivity index (χ2v) is 3.82. The lowest BCUT2D eigenvalue weighted by Crippen LogP contribution is -2.34. The van der Waals surface area contributed by atoms with Gasteiger partial charge in [-0.3, -0.25) is 0 Å². The molecule has 0 fully saturated rings. The van der Waals surface area contributed by atoms with Gasteiger partial charge in [-0.1, -0.05) is 11.6 Å². The molecule has 1 aromatic rings. The summed E-state index contributed by atoms with van der Waals surface area (Å²) in [5.74, 6) is 0.742. The highest BCUT2D eigenvalue weighted by atomic mass is 35.5. The van der Waals surface area contributed by atoms with Gasteiger partial charge in [-0.2, -0.15) is 4.98 Å². The lowest BCUT2D eigenvalue weighted by molar-refractivity contribution is 0.298. The number of halogens is 1. The van der Waals surface area contributed by atoms with Crippen LogP contribution in [0.15, 0.2) is 6.20 Å². The summed E-state index contributed by atoms with van der Waals surface area (Å²) in [7, 11) is 0. The van der Waals surface area contributed by atoms with Crippen LogP contribution < -0.4 is 10.6 Å². The third-order valence-electron chi connectivity index (χ3n) is 1.98. The third kappa shape index (κ3) is 2.94. The van der Waals surface area contributed by atoms with Gasteiger partial charge < -0.3 is 15.7 Å². The van der Waals surface area contributed by atoms with Crippen molar-refractivity contribution in [2.75, 3.05) is 23.8 Å². The van der Waals surface area contributed by atoms with Gasteiger partial charge in [0.25, 0.3) is 0 Å². The van der Waals surface area contributed by atoms with Crippen LogP contribution in [0.4, 0.5) is 11.8 Å². The summed E-state index contributed by atoms with van der Waals surface area (Å²) >= 11 is 5.97. The Balaban J connectivity index is 3.04. The first kappa shape index (κ1) is 12.0. The number of hydrogen-bond acceptors (Lipinski definition) is 5. The van der Waals surface area contributed by atoms with E-state index in [0.29, 0.717) is 17.4 Å². The SMILES string of the molecule is CC(C)N(CCO)c1nc(N)ncc1Cl. The molecule has 0 aromatic carbocycles. The number of nitrogens with zero attached hydrogens (tertiary/aromatic N) is 3. The van der Waals surface area contributed by atoms with Crippen molar-refractivity contribution in [3.05, 3.63) is 11.2 Å². The lowest BCUT2D eigenvalue weighted by atomic mass is 10.3. The standard InChI is InChI=1S/C9H15ClN4O/c1-6(2)14(3-4-15)8-7(10)5-12-9(11)13-8/h5-6,15H,3-4H2,1-2H3,(H2,11,12,13). The normalized spacial score (nSPS) is 10.7. The molecule has 0 saturated carbocycles. The van der Waals surface area contributed by atoms with Gasteiger partial charge in [-0.05, 0) is 13.8 Å². The molecule has 0 amide bonds. The van der Waals surface area contributed by atoms with Gasteiger partial charge in [-0.25, -0.2) is 4.98 Å². The summed E-state index contributed by atoms with van der Waals surface area (Å²) in [6.45, 7) is 4.49. The Hall–Kier alpha value is -1.07. The number of aliphatic hydroxyl groups excluding tert-OH is 1. The number of nitrogens with two attached hydrogens (primary N) is 1. The number of hydrogen-bond donors (Lipinski definition) is 2. The summed E-state index contributed by atoms with van der Waals surface area (Å²) in [6, 6.07) is 0.184. The Morgan fingerprint density at radius 1 is 1.60 bits per heavy atom. The van der Waals surface area contributed by atoms with Crippen molar-refractivity contribution in [2.45, 2.75) is 19.9 Å². The van der Waals surface area contributed by atoms with E-state index in [4.69, 9.17) is 22.4 Å². The van der Waals surface area contributed by atoms with Gasteiger partial charge >= 0.3 is 0 Å². The van der Waals surface area contributed by atoms with Crippen LogP contribution in [0.1, 0.15) is 13.8 Å². The monoisotopic (exact) mass is 230 g/mol. The van der Waals surface area contributed by atoms with E-state index in [2.05, 4.69) is 9.97 Å². The topological polar surface area (TPSA) is 75.3 Å². The zero-order valence-corrected chi connectivity index (χ0v) is 9.57. The fraction of sp³-hybridized carbons (Fsp3) is 0.556. The summed E-state index contributed by atoms with van der Waals surface area (Å²) in [4.78, 5) is 9.72. The Labute approximate surface area is 93.9 Å². The van der Waals surface area contributed by atoms with Crippen LogP contribution in [-0.2, 0) is 0 Å². The van der Waals surface area contributed by atoms with Crippen molar-refractivity contribution >= 4 is 23.4 Å². The van der Waals surface area contributed by atoms with Crippen molar-refractivity contribution in [3.8, 4) is 0 Å². The van der Waals surface area contributed by atoms with Gasteiger partial charge in [0.2, 0.25) is 5.95 Å². The minimum Gasteiger partial charge on any atom is -0.395 e. The van der Waals surface area contributed by atoms with E-state index in [-0.39, 0.29) is 18.6 Å². The van der Waals surface area contributed by atoms with Crippen LogP contribution in [0.5, 0.6) is 0 Å². The predicted molar refractivity (Wildman–Crippen MR) is 61.0 cm³/mol. The van der Waals surface area contributed by atoms with Crippen LogP contribution in [-0.4, -0.2) is 34.3 Å². The largest absolute Gasteiger partial charge is 0.395 e. The molecule has 0 aliphatic carbocycles. The molecule has 1 rings (SSSR count). The van der Waals surface area contributed by atoms with Gasteiger partial charge in [0.1, 0.15) is 5.02 Å². The quantitative estimate of drug-likeness (QED) is 0.805. The highest BCUT2D eigenvalue weighted by Gasteiger charge is 2.15. The maximum atomic E-state index is 8.95. The first-order valence-electron chi connectivity index (χ1n) is 4.71. The highest BCUT2D eigenvalue weighted by molar-refractivity contribution is 6.32. The van der Waals surface area contributed by atoms with Crippen molar-refractivity contribution in [1.29, 1.82) is 0 Å². The smallest absolute Gasteiger partial charge is 0.222 e. The number of anilines is 2. The maximum absolute atomic E-state index is 8.95. The van der Waals surface area contributed by atoms with Crippen LogP contribution >= 0.6 is 11.6 Å². The predicted octanol–water partition coefficient (Wildman–Crippen LogP) is 0.919. The van der Waals surface area contributed by atoms with Gasteiger partial charge in [0.05, 0.1) is 12.8 Å². The van der Waals surface area contributed by atoms with Crippen LogP contribution in [0.2, 0.25) is 5.02 Å². The number of aromatic nitrogens is 2. The van der Waals surface area contributed by atoms with E-state index in [1.165, 1.54) is 6.20 Å². The lowest BCUT2D eigenvalue weighted by Gasteiger charge is -2.27. The molecule has 84 valence electrons. The van der Waals surface area contributed by atoms with Crippen molar-refractivity contribution in [2.24, 2.45) is 0 Å². The van der Waals surface area contributed by atoms with Crippen molar-refractivity contribution in [1.82, 2.24) is 9.97 Å². The Morgan fingerprint density at radius 2 is 2.27 bits per heavy atom. The van der Waals surface area contributed by atoms with Crippen molar-refractivity contribution < 1.29 is 5.11 Å². The number of rotatable bonds is 4. The zero-order chi connectivity index (χ0) is 11.4. The molecule has 0 saturated heterocycles. The molecular formula is C9H15ClN4O. The molecule has 5 nitrogen and oxygen atoms in total.